The van der Waals surface area contributed by atoms with Crippen molar-refractivity contribution in [2.45, 2.75) is 0 Å². The van der Waals surface area contributed by atoms with Gasteiger partial charge in [-0.2, -0.15) is 0 Å². The van der Waals surface area contributed by atoms with Crippen LogP contribution in [-0.2, 0) is 0 Å². The molecule has 0 aliphatic rings. The first-order valence-electron chi connectivity index (χ1n) is 7.25. The van der Waals surface area contributed by atoms with E-state index in [2.05, 4.69) is 21.0 Å². The van der Waals surface area contributed by atoms with E-state index in [1.165, 1.54) is 0 Å². The molecule has 114 valence electrons. The minimum atomic E-state index is 0.744. The lowest BCUT2D eigenvalue weighted by atomic mass is 10.0. The molecule has 5 heteroatoms. The van der Waals surface area contributed by atoms with Crippen LogP contribution in [0.2, 0.25) is 0 Å². The number of imidazole rings is 1. The molecular formula is C18H15N3O2. The van der Waals surface area contributed by atoms with Crippen molar-refractivity contribution in [2.24, 2.45) is 0 Å². The van der Waals surface area contributed by atoms with E-state index in [1.54, 1.807) is 26.6 Å². The monoisotopic (exact) mass is 305 g/mol. The highest BCUT2D eigenvalue weighted by Gasteiger charge is 2.14. The first kappa shape index (κ1) is 13.6. The molecule has 0 radical (unpaired) electrons. The Morgan fingerprint density at radius 3 is 2.65 bits per heavy atom. The summed E-state index contributed by atoms with van der Waals surface area (Å²) in [5.74, 6) is 2.32. The maximum atomic E-state index is 5.57. The van der Waals surface area contributed by atoms with E-state index in [9.17, 15) is 0 Å². The minimum absolute atomic E-state index is 0.744. The summed E-state index contributed by atoms with van der Waals surface area (Å²) >= 11 is 0. The van der Waals surface area contributed by atoms with Crippen molar-refractivity contribution in [1.82, 2.24) is 15.0 Å². The van der Waals surface area contributed by atoms with Gasteiger partial charge in [-0.1, -0.05) is 12.1 Å². The number of pyridine rings is 1. The van der Waals surface area contributed by atoms with E-state index >= 15 is 0 Å². The Morgan fingerprint density at radius 1 is 1.00 bits per heavy atom. The SMILES string of the molecule is COc1cc2c(OC)cccc2cc1-c1nc2cnccc2[nH]1. The van der Waals surface area contributed by atoms with Crippen molar-refractivity contribution in [3.05, 3.63) is 48.8 Å². The quantitative estimate of drug-likeness (QED) is 0.625. The van der Waals surface area contributed by atoms with Crippen molar-refractivity contribution in [1.29, 1.82) is 0 Å². The second kappa shape index (κ2) is 5.28. The number of hydrogen-bond donors (Lipinski definition) is 1. The number of methoxy groups -OCH3 is 2. The van der Waals surface area contributed by atoms with Gasteiger partial charge in [-0.05, 0) is 29.7 Å². The van der Waals surface area contributed by atoms with Gasteiger partial charge in [-0.25, -0.2) is 4.98 Å². The molecule has 0 saturated carbocycles. The van der Waals surface area contributed by atoms with Gasteiger partial charge in [0.2, 0.25) is 0 Å². The van der Waals surface area contributed by atoms with Gasteiger partial charge in [0.15, 0.2) is 0 Å². The van der Waals surface area contributed by atoms with E-state index in [1.807, 2.05) is 30.3 Å². The fourth-order valence-corrected chi connectivity index (χ4v) is 2.79. The first-order chi connectivity index (χ1) is 11.3. The average molecular weight is 305 g/mol. The second-order valence-corrected chi connectivity index (χ2v) is 5.21. The van der Waals surface area contributed by atoms with Gasteiger partial charge in [0.25, 0.3) is 0 Å². The maximum Gasteiger partial charge on any atom is 0.142 e. The number of aromatic nitrogens is 3. The molecule has 0 bridgehead atoms. The van der Waals surface area contributed by atoms with Crippen LogP contribution in [0.15, 0.2) is 48.8 Å². The predicted molar refractivity (Wildman–Crippen MR) is 89.9 cm³/mol. The average Bonchev–Trinajstić information content (AvgIpc) is 3.03. The third kappa shape index (κ3) is 2.17. The van der Waals surface area contributed by atoms with Gasteiger partial charge in [0.05, 0.1) is 31.5 Å². The molecule has 0 atom stereocenters. The van der Waals surface area contributed by atoms with Crippen LogP contribution in [0, 0.1) is 0 Å². The molecule has 1 N–H and O–H groups in total. The van der Waals surface area contributed by atoms with Crippen LogP contribution in [0.3, 0.4) is 0 Å². The zero-order valence-corrected chi connectivity index (χ0v) is 12.8. The van der Waals surface area contributed by atoms with E-state index in [-0.39, 0.29) is 0 Å². The summed E-state index contributed by atoms with van der Waals surface area (Å²) in [6.07, 6.45) is 3.48. The number of fused-ring (bicyclic) bond motifs is 2. The second-order valence-electron chi connectivity index (χ2n) is 5.21. The van der Waals surface area contributed by atoms with E-state index in [4.69, 9.17) is 9.47 Å². The third-order valence-electron chi connectivity index (χ3n) is 3.92. The number of ether oxygens (including phenoxy) is 2. The summed E-state index contributed by atoms with van der Waals surface area (Å²) < 4.78 is 11.0. The van der Waals surface area contributed by atoms with Gasteiger partial charge in [0.1, 0.15) is 22.8 Å². The molecule has 2 heterocycles. The van der Waals surface area contributed by atoms with Gasteiger partial charge >= 0.3 is 0 Å². The first-order valence-corrected chi connectivity index (χ1v) is 7.25. The van der Waals surface area contributed by atoms with Crippen LogP contribution in [-0.4, -0.2) is 29.2 Å². The molecule has 0 spiro atoms. The molecule has 0 unspecified atom stereocenters. The van der Waals surface area contributed by atoms with Crippen LogP contribution >= 0.6 is 0 Å². The Labute approximate surface area is 132 Å². The van der Waals surface area contributed by atoms with E-state index in [0.29, 0.717) is 0 Å². The standard InChI is InChI=1S/C18H15N3O2/c1-22-16-5-3-4-11-8-13(17(23-2)9-12(11)16)18-20-14-6-7-19-10-15(14)21-18/h3-10H,1-2H3,(H,20,21). The lowest BCUT2D eigenvalue weighted by Crippen LogP contribution is -1.92. The molecule has 0 aliphatic carbocycles. The van der Waals surface area contributed by atoms with Crippen molar-refractivity contribution in [2.75, 3.05) is 14.2 Å². The molecule has 0 fully saturated rings. The molecule has 0 amide bonds. The maximum absolute atomic E-state index is 5.57. The van der Waals surface area contributed by atoms with Crippen molar-refractivity contribution in [3.63, 3.8) is 0 Å². The largest absolute Gasteiger partial charge is 0.496 e. The Kier molecular flexibility index (Phi) is 3.12. The fraction of sp³-hybridized carbons (Fsp3) is 0.111. The highest BCUT2D eigenvalue weighted by Crippen LogP contribution is 2.36. The van der Waals surface area contributed by atoms with Crippen LogP contribution in [0.5, 0.6) is 11.5 Å². The number of hydrogen-bond acceptors (Lipinski definition) is 4. The number of nitrogens with zero attached hydrogens (tertiary/aromatic N) is 2. The molecular weight excluding hydrogens is 290 g/mol. The summed E-state index contributed by atoms with van der Waals surface area (Å²) in [5.41, 5.74) is 2.68. The van der Waals surface area contributed by atoms with Crippen LogP contribution in [0.1, 0.15) is 0 Å². The van der Waals surface area contributed by atoms with Gasteiger partial charge < -0.3 is 14.5 Å². The Hall–Kier alpha value is -3.08. The van der Waals surface area contributed by atoms with Gasteiger partial charge in [-0.3, -0.25) is 4.98 Å². The molecule has 2 aromatic carbocycles. The van der Waals surface area contributed by atoms with Crippen molar-refractivity contribution < 1.29 is 9.47 Å². The van der Waals surface area contributed by atoms with E-state index < -0.39 is 0 Å². The number of aromatic amines is 1. The molecule has 0 aliphatic heterocycles. The third-order valence-corrected chi connectivity index (χ3v) is 3.92. The Morgan fingerprint density at radius 2 is 1.87 bits per heavy atom. The summed E-state index contributed by atoms with van der Waals surface area (Å²) in [4.78, 5) is 12.0. The zero-order chi connectivity index (χ0) is 15.8. The van der Waals surface area contributed by atoms with Crippen molar-refractivity contribution >= 4 is 21.8 Å². The number of rotatable bonds is 3. The molecule has 5 nitrogen and oxygen atoms in total. The smallest absolute Gasteiger partial charge is 0.142 e. The number of benzene rings is 2. The number of H-pyrrole nitrogens is 1. The molecule has 23 heavy (non-hydrogen) atoms. The normalized spacial score (nSPS) is 11.0. The molecule has 4 rings (SSSR count). The van der Waals surface area contributed by atoms with Gasteiger partial charge in [0, 0.05) is 11.6 Å². The molecule has 0 saturated heterocycles. The summed E-state index contributed by atoms with van der Waals surface area (Å²) in [6, 6.07) is 11.9. The predicted octanol–water partition coefficient (Wildman–Crippen LogP) is 3.80. The van der Waals surface area contributed by atoms with Crippen LogP contribution in [0.25, 0.3) is 33.2 Å². The Bertz CT molecular complexity index is 975. The lowest BCUT2D eigenvalue weighted by molar-refractivity contribution is 0.413. The van der Waals surface area contributed by atoms with Gasteiger partial charge in [-0.15, -0.1) is 0 Å². The van der Waals surface area contributed by atoms with Crippen LogP contribution < -0.4 is 9.47 Å². The molecule has 2 aromatic heterocycles. The summed E-state index contributed by atoms with van der Waals surface area (Å²) in [6.45, 7) is 0. The zero-order valence-electron chi connectivity index (χ0n) is 12.8. The topological polar surface area (TPSA) is 60.0 Å². The highest BCUT2D eigenvalue weighted by atomic mass is 16.5. The minimum Gasteiger partial charge on any atom is -0.496 e. The highest BCUT2D eigenvalue weighted by molar-refractivity contribution is 5.94. The van der Waals surface area contributed by atoms with E-state index in [0.717, 1.165) is 44.7 Å². The fourth-order valence-electron chi connectivity index (χ4n) is 2.79. The number of nitrogens with one attached hydrogen (secondary N) is 1. The summed E-state index contributed by atoms with van der Waals surface area (Å²) in [5, 5.41) is 2.08. The lowest BCUT2D eigenvalue weighted by Gasteiger charge is -2.11. The Balaban J connectivity index is 1.98. The van der Waals surface area contributed by atoms with Crippen molar-refractivity contribution in [3.8, 4) is 22.9 Å². The summed E-state index contributed by atoms with van der Waals surface area (Å²) in [7, 11) is 3.33. The molecule has 4 aromatic rings. The van der Waals surface area contributed by atoms with Crippen LogP contribution in [0.4, 0.5) is 0 Å².